The predicted octanol–water partition coefficient (Wildman–Crippen LogP) is 6.47. The number of esters is 1. The highest BCUT2D eigenvalue weighted by atomic mass is 32.2. The standard InChI is InChI=1S/C33H46N2O5S/c1-3-4-8-12-28(13-9-6-5-7-10-15-32(36)40-25-27-18-16-26(2)17-19-27)29-20-22-30(23-21-29)41(38,39)35-33(37)31-14-11-24-34-31/h7,10,16-23,28,31,34H,3-6,8-9,11-15,24-25H2,1-2H3,(H,35,37)/b10-7+. The topological polar surface area (TPSA) is 102 Å². The van der Waals surface area contributed by atoms with E-state index in [1.54, 1.807) is 12.1 Å². The summed E-state index contributed by atoms with van der Waals surface area (Å²) in [5.41, 5.74) is 3.30. The number of unbranched alkanes of at least 4 members (excludes halogenated alkanes) is 4. The van der Waals surface area contributed by atoms with E-state index in [2.05, 4.69) is 17.0 Å². The number of benzene rings is 2. The molecule has 2 aromatic rings. The zero-order valence-corrected chi connectivity index (χ0v) is 25.4. The van der Waals surface area contributed by atoms with Gasteiger partial charge in [-0.25, -0.2) is 13.1 Å². The maximum atomic E-state index is 12.7. The van der Waals surface area contributed by atoms with Crippen LogP contribution in [-0.2, 0) is 31.0 Å². The van der Waals surface area contributed by atoms with Gasteiger partial charge in [-0.05, 0) is 81.2 Å². The summed E-state index contributed by atoms with van der Waals surface area (Å²) in [6, 6.07) is 14.5. The molecule has 0 spiro atoms. The molecule has 2 aromatic carbocycles. The lowest BCUT2D eigenvalue weighted by atomic mass is 9.88. The molecule has 0 saturated carbocycles. The van der Waals surface area contributed by atoms with E-state index in [4.69, 9.17) is 4.74 Å². The van der Waals surface area contributed by atoms with Crippen molar-refractivity contribution < 1.29 is 22.7 Å². The molecule has 2 atom stereocenters. The molecule has 1 aliphatic heterocycles. The van der Waals surface area contributed by atoms with Crippen molar-refractivity contribution in [2.75, 3.05) is 6.54 Å². The number of amides is 1. The molecule has 41 heavy (non-hydrogen) atoms. The van der Waals surface area contributed by atoms with E-state index < -0.39 is 22.0 Å². The van der Waals surface area contributed by atoms with Gasteiger partial charge < -0.3 is 10.1 Å². The summed E-state index contributed by atoms with van der Waals surface area (Å²) >= 11 is 0. The predicted molar refractivity (Wildman–Crippen MR) is 163 cm³/mol. The number of allylic oxidation sites excluding steroid dienone is 1. The summed E-state index contributed by atoms with van der Waals surface area (Å²) in [5.74, 6) is -0.355. The maximum Gasteiger partial charge on any atom is 0.309 e. The van der Waals surface area contributed by atoms with Gasteiger partial charge in [0.05, 0.1) is 17.4 Å². The molecule has 2 N–H and O–H groups in total. The van der Waals surface area contributed by atoms with Gasteiger partial charge in [-0.2, -0.15) is 0 Å². The third-order valence-electron chi connectivity index (χ3n) is 7.57. The van der Waals surface area contributed by atoms with Gasteiger partial charge in [0, 0.05) is 0 Å². The molecule has 224 valence electrons. The second-order valence-corrected chi connectivity index (χ2v) is 12.7. The monoisotopic (exact) mass is 582 g/mol. The van der Waals surface area contributed by atoms with Gasteiger partial charge in [-0.3, -0.25) is 9.59 Å². The van der Waals surface area contributed by atoms with E-state index in [0.29, 0.717) is 18.9 Å². The van der Waals surface area contributed by atoms with Crippen LogP contribution >= 0.6 is 0 Å². The molecule has 0 bridgehead atoms. The molecule has 0 aromatic heterocycles. The van der Waals surface area contributed by atoms with Crippen molar-refractivity contribution >= 4 is 21.9 Å². The second kappa shape index (κ2) is 17.1. The van der Waals surface area contributed by atoms with Crippen molar-refractivity contribution in [2.24, 2.45) is 0 Å². The number of sulfonamides is 1. The molecular weight excluding hydrogens is 536 g/mol. The second-order valence-electron chi connectivity index (χ2n) is 11.0. The summed E-state index contributed by atoms with van der Waals surface area (Å²) in [6.07, 6.45) is 14.2. The Morgan fingerprint density at radius 1 is 1.00 bits per heavy atom. The van der Waals surface area contributed by atoms with Crippen molar-refractivity contribution in [2.45, 2.75) is 108 Å². The first kappa shape index (κ1) is 32.5. The van der Waals surface area contributed by atoms with Crippen molar-refractivity contribution in [3.05, 3.63) is 77.4 Å². The average Bonchev–Trinajstić information content (AvgIpc) is 3.51. The van der Waals surface area contributed by atoms with Crippen LogP contribution in [0.3, 0.4) is 0 Å². The summed E-state index contributed by atoms with van der Waals surface area (Å²) in [6.45, 7) is 5.24. The average molecular weight is 583 g/mol. The Kier molecular flexibility index (Phi) is 13.6. The van der Waals surface area contributed by atoms with E-state index in [1.165, 1.54) is 12.0 Å². The lowest BCUT2D eigenvalue weighted by Gasteiger charge is -2.18. The van der Waals surface area contributed by atoms with E-state index in [-0.39, 0.29) is 17.3 Å². The molecule has 0 radical (unpaired) electrons. The van der Waals surface area contributed by atoms with E-state index >= 15 is 0 Å². The van der Waals surface area contributed by atoms with Gasteiger partial charge in [0.15, 0.2) is 0 Å². The number of nitrogens with one attached hydrogen (secondary N) is 2. The molecule has 7 nitrogen and oxygen atoms in total. The molecule has 3 rings (SSSR count). The summed E-state index contributed by atoms with van der Waals surface area (Å²) in [4.78, 5) is 24.4. The number of carbonyl (C=O) groups is 2. The molecule has 1 saturated heterocycles. The molecule has 1 amide bonds. The maximum absolute atomic E-state index is 12.7. The fourth-order valence-electron chi connectivity index (χ4n) is 5.07. The van der Waals surface area contributed by atoms with Crippen molar-refractivity contribution in [3.8, 4) is 0 Å². The fraction of sp³-hybridized carbons (Fsp3) is 0.515. The third-order valence-corrected chi connectivity index (χ3v) is 8.94. The highest BCUT2D eigenvalue weighted by Crippen LogP contribution is 2.29. The Morgan fingerprint density at radius 2 is 1.71 bits per heavy atom. The van der Waals surface area contributed by atoms with Crippen LogP contribution in [0.1, 0.15) is 100 Å². The zero-order valence-electron chi connectivity index (χ0n) is 24.6. The minimum absolute atomic E-state index is 0.113. The Labute approximate surface area is 246 Å². The molecule has 1 aliphatic rings. The minimum atomic E-state index is -3.90. The molecule has 0 aliphatic carbocycles. The van der Waals surface area contributed by atoms with Crippen LogP contribution in [0.25, 0.3) is 0 Å². The van der Waals surface area contributed by atoms with Crippen LogP contribution in [0.2, 0.25) is 0 Å². The summed E-state index contributed by atoms with van der Waals surface area (Å²) < 4.78 is 33.1. The largest absolute Gasteiger partial charge is 0.461 e. The summed E-state index contributed by atoms with van der Waals surface area (Å²) in [7, 11) is -3.90. The number of aryl methyl sites for hydroxylation is 1. The van der Waals surface area contributed by atoms with E-state index in [9.17, 15) is 18.0 Å². The van der Waals surface area contributed by atoms with Gasteiger partial charge in [-0.1, -0.05) is 86.7 Å². The Bertz CT molecular complexity index is 1220. The van der Waals surface area contributed by atoms with Crippen LogP contribution in [0, 0.1) is 6.92 Å². The first-order valence-electron chi connectivity index (χ1n) is 15.0. The van der Waals surface area contributed by atoms with Crippen molar-refractivity contribution in [1.29, 1.82) is 0 Å². The van der Waals surface area contributed by atoms with Crippen molar-refractivity contribution in [3.63, 3.8) is 0 Å². The van der Waals surface area contributed by atoms with E-state index in [0.717, 1.165) is 69.0 Å². The van der Waals surface area contributed by atoms with Gasteiger partial charge in [-0.15, -0.1) is 0 Å². The van der Waals surface area contributed by atoms with E-state index in [1.807, 2.05) is 55.5 Å². The summed E-state index contributed by atoms with van der Waals surface area (Å²) in [5, 5.41) is 3.03. The quantitative estimate of drug-likeness (QED) is 0.126. The van der Waals surface area contributed by atoms with Gasteiger partial charge >= 0.3 is 5.97 Å². The molecule has 1 heterocycles. The smallest absolute Gasteiger partial charge is 0.309 e. The number of rotatable bonds is 17. The Hall–Kier alpha value is -2.97. The first-order chi connectivity index (χ1) is 19.8. The number of hydrogen-bond donors (Lipinski definition) is 2. The highest BCUT2D eigenvalue weighted by molar-refractivity contribution is 7.90. The van der Waals surface area contributed by atoms with Gasteiger partial charge in [0.1, 0.15) is 6.61 Å². The number of carbonyl (C=O) groups excluding carboxylic acids is 2. The Balaban J connectivity index is 1.43. The third kappa shape index (κ3) is 11.4. The van der Waals surface area contributed by atoms with Crippen LogP contribution in [0.4, 0.5) is 0 Å². The fourth-order valence-corrected chi connectivity index (χ4v) is 6.09. The first-order valence-corrected chi connectivity index (χ1v) is 16.5. The molecule has 2 unspecified atom stereocenters. The van der Waals surface area contributed by atoms with Gasteiger partial charge in [0.2, 0.25) is 0 Å². The molecule has 1 fully saturated rings. The van der Waals surface area contributed by atoms with Crippen LogP contribution in [0.15, 0.2) is 65.6 Å². The highest BCUT2D eigenvalue weighted by Gasteiger charge is 2.27. The Morgan fingerprint density at radius 3 is 2.37 bits per heavy atom. The van der Waals surface area contributed by atoms with Crippen LogP contribution in [-0.4, -0.2) is 32.9 Å². The number of hydrogen-bond acceptors (Lipinski definition) is 6. The minimum Gasteiger partial charge on any atom is -0.461 e. The molecular formula is C33H46N2O5S. The number of ether oxygens (including phenoxy) is 1. The van der Waals surface area contributed by atoms with Crippen molar-refractivity contribution in [1.82, 2.24) is 10.0 Å². The van der Waals surface area contributed by atoms with Crippen LogP contribution in [0.5, 0.6) is 0 Å². The SMILES string of the molecule is CCCCCC(CCCC/C=C/CC(=O)OCc1ccc(C)cc1)c1ccc(S(=O)(=O)NC(=O)C2CCCN2)cc1. The van der Waals surface area contributed by atoms with Gasteiger partial charge in [0.25, 0.3) is 15.9 Å². The normalized spacial score (nSPS) is 16.1. The zero-order chi connectivity index (χ0) is 29.5. The lowest BCUT2D eigenvalue weighted by Crippen LogP contribution is -2.43. The molecule has 8 heteroatoms. The van der Waals surface area contributed by atoms with Crippen LogP contribution < -0.4 is 10.0 Å². The lowest BCUT2D eigenvalue weighted by molar-refractivity contribution is -0.143.